The molecule has 2 heterocycles. The number of benzene rings is 1. The van der Waals surface area contributed by atoms with Crippen LogP contribution >= 0.6 is 0 Å². The fourth-order valence-electron chi connectivity index (χ4n) is 2.66. The first kappa shape index (κ1) is 12.4. The van der Waals surface area contributed by atoms with E-state index in [-0.39, 0.29) is 6.04 Å². The lowest BCUT2D eigenvalue weighted by atomic mass is 10.0. The first-order chi connectivity index (χ1) is 9.33. The van der Waals surface area contributed by atoms with Crippen LogP contribution in [0.25, 0.3) is 0 Å². The number of rotatable bonds is 4. The van der Waals surface area contributed by atoms with Gasteiger partial charge in [0.2, 0.25) is 0 Å². The van der Waals surface area contributed by atoms with Gasteiger partial charge in [-0.3, -0.25) is 0 Å². The Morgan fingerprint density at radius 1 is 1.37 bits per heavy atom. The van der Waals surface area contributed by atoms with Gasteiger partial charge < -0.3 is 14.6 Å². The molecule has 0 aliphatic carbocycles. The minimum absolute atomic E-state index is 0.126. The highest BCUT2D eigenvalue weighted by Gasteiger charge is 2.19. The number of nitrogens with one attached hydrogen (secondary N) is 1. The van der Waals surface area contributed by atoms with E-state index < -0.39 is 0 Å². The van der Waals surface area contributed by atoms with Gasteiger partial charge in [-0.15, -0.1) is 0 Å². The Hall–Kier alpha value is -1.65. The van der Waals surface area contributed by atoms with Gasteiger partial charge in [-0.1, -0.05) is 18.2 Å². The third-order valence-corrected chi connectivity index (χ3v) is 3.71. The molecule has 2 aromatic rings. The lowest BCUT2D eigenvalue weighted by Crippen LogP contribution is -2.22. The van der Waals surface area contributed by atoms with Gasteiger partial charge in [0.05, 0.1) is 19.3 Å². The van der Waals surface area contributed by atoms with Crippen LogP contribution in [-0.4, -0.2) is 16.6 Å². The van der Waals surface area contributed by atoms with Crippen molar-refractivity contribution in [3.05, 3.63) is 53.1 Å². The topological polar surface area (TPSA) is 39.1 Å². The Morgan fingerprint density at radius 3 is 3.00 bits per heavy atom. The Kier molecular flexibility index (Phi) is 3.36. The number of hydrogen-bond acceptors (Lipinski definition) is 3. The summed E-state index contributed by atoms with van der Waals surface area (Å²) in [4.78, 5) is 4.50. The second-order valence-corrected chi connectivity index (χ2v) is 4.81. The number of ether oxygens (including phenoxy) is 1. The average molecular weight is 257 g/mol. The van der Waals surface area contributed by atoms with E-state index in [1.165, 1.54) is 16.7 Å². The summed E-state index contributed by atoms with van der Waals surface area (Å²) >= 11 is 0. The monoisotopic (exact) mass is 257 g/mol. The number of imidazole rings is 1. The van der Waals surface area contributed by atoms with E-state index in [4.69, 9.17) is 4.74 Å². The van der Waals surface area contributed by atoms with Gasteiger partial charge in [-0.05, 0) is 30.7 Å². The van der Waals surface area contributed by atoms with Crippen LogP contribution < -0.4 is 5.32 Å². The number of nitrogens with zero attached hydrogens (tertiary/aromatic N) is 2. The molecule has 1 aliphatic rings. The van der Waals surface area contributed by atoms with Crippen molar-refractivity contribution in [3.8, 4) is 0 Å². The van der Waals surface area contributed by atoms with E-state index in [1.807, 2.05) is 19.4 Å². The summed E-state index contributed by atoms with van der Waals surface area (Å²) in [6.45, 7) is 4.53. The molecule has 1 unspecified atom stereocenters. The van der Waals surface area contributed by atoms with Crippen LogP contribution in [0.1, 0.15) is 35.5 Å². The van der Waals surface area contributed by atoms with Crippen LogP contribution in [-0.2, 0) is 24.5 Å². The van der Waals surface area contributed by atoms with Gasteiger partial charge in [0.15, 0.2) is 0 Å². The SMILES string of the molecule is CCn1ccnc1C(NC)c1ccc2c(c1)COC2. The molecule has 0 bridgehead atoms. The van der Waals surface area contributed by atoms with Gasteiger partial charge in [0, 0.05) is 18.9 Å². The fraction of sp³-hybridized carbons (Fsp3) is 0.400. The lowest BCUT2D eigenvalue weighted by Gasteiger charge is -2.18. The maximum absolute atomic E-state index is 5.48. The second-order valence-electron chi connectivity index (χ2n) is 4.81. The van der Waals surface area contributed by atoms with Crippen molar-refractivity contribution in [2.45, 2.75) is 32.7 Å². The predicted molar refractivity (Wildman–Crippen MR) is 73.7 cm³/mol. The number of fused-ring (bicyclic) bond motifs is 1. The first-order valence-corrected chi connectivity index (χ1v) is 6.71. The molecule has 0 spiro atoms. The molecule has 1 aliphatic heterocycles. The van der Waals surface area contributed by atoms with E-state index in [1.54, 1.807) is 0 Å². The molecule has 0 fully saturated rings. The quantitative estimate of drug-likeness (QED) is 0.913. The minimum Gasteiger partial charge on any atom is -0.372 e. The van der Waals surface area contributed by atoms with Crippen LogP contribution in [0.4, 0.5) is 0 Å². The molecule has 1 aromatic heterocycles. The summed E-state index contributed by atoms with van der Waals surface area (Å²) in [7, 11) is 1.98. The third-order valence-electron chi connectivity index (χ3n) is 3.71. The molecule has 19 heavy (non-hydrogen) atoms. The van der Waals surface area contributed by atoms with Gasteiger partial charge in [-0.25, -0.2) is 4.98 Å². The molecule has 0 saturated carbocycles. The Bertz CT molecular complexity index is 577. The van der Waals surface area contributed by atoms with Crippen molar-refractivity contribution in [1.82, 2.24) is 14.9 Å². The molecule has 1 atom stereocenters. The normalized spacial score (nSPS) is 15.5. The molecule has 3 rings (SSSR count). The Labute approximate surface area is 113 Å². The van der Waals surface area contributed by atoms with E-state index in [2.05, 4.69) is 40.0 Å². The standard InChI is InChI=1S/C15H19N3O/c1-3-18-7-6-17-15(18)14(16-2)11-4-5-12-9-19-10-13(12)8-11/h4-8,14,16H,3,9-10H2,1-2H3. The molecule has 4 nitrogen and oxygen atoms in total. The molecular formula is C15H19N3O. The average Bonchev–Trinajstić information content (AvgIpc) is 3.07. The van der Waals surface area contributed by atoms with Crippen LogP contribution in [0.15, 0.2) is 30.6 Å². The largest absolute Gasteiger partial charge is 0.372 e. The summed E-state index contributed by atoms with van der Waals surface area (Å²) in [6.07, 6.45) is 3.88. The van der Waals surface area contributed by atoms with Crippen LogP contribution in [0.2, 0.25) is 0 Å². The number of aryl methyl sites for hydroxylation is 1. The predicted octanol–water partition coefficient (Wildman–Crippen LogP) is 2.24. The van der Waals surface area contributed by atoms with Crippen molar-refractivity contribution in [1.29, 1.82) is 0 Å². The summed E-state index contributed by atoms with van der Waals surface area (Å²) in [5.41, 5.74) is 3.84. The highest BCUT2D eigenvalue weighted by Crippen LogP contribution is 2.26. The fourth-order valence-corrected chi connectivity index (χ4v) is 2.66. The number of aromatic nitrogens is 2. The third kappa shape index (κ3) is 2.17. The smallest absolute Gasteiger partial charge is 0.130 e. The summed E-state index contributed by atoms with van der Waals surface area (Å²) in [5.74, 6) is 1.06. The molecule has 1 aromatic carbocycles. The summed E-state index contributed by atoms with van der Waals surface area (Å²) in [5, 5.41) is 3.36. The summed E-state index contributed by atoms with van der Waals surface area (Å²) in [6, 6.07) is 6.70. The first-order valence-electron chi connectivity index (χ1n) is 6.71. The van der Waals surface area contributed by atoms with Gasteiger partial charge in [0.1, 0.15) is 5.82 Å². The Balaban J connectivity index is 1.98. The van der Waals surface area contributed by atoms with Gasteiger partial charge >= 0.3 is 0 Å². The molecule has 100 valence electrons. The van der Waals surface area contributed by atoms with E-state index in [0.29, 0.717) is 0 Å². The maximum atomic E-state index is 5.48. The van der Waals surface area contributed by atoms with E-state index in [9.17, 15) is 0 Å². The zero-order chi connectivity index (χ0) is 13.2. The highest BCUT2D eigenvalue weighted by atomic mass is 16.5. The lowest BCUT2D eigenvalue weighted by molar-refractivity contribution is 0.134. The van der Waals surface area contributed by atoms with Gasteiger partial charge in [-0.2, -0.15) is 0 Å². The van der Waals surface area contributed by atoms with Crippen molar-refractivity contribution < 1.29 is 4.74 Å². The van der Waals surface area contributed by atoms with E-state index in [0.717, 1.165) is 25.6 Å². The second kappa shape index (κ2) is 5.15. The zero-order valence-corrected chi connectivity index (χ0v) is 11.4. The van der Waals surface area contributed by atoms with Crippen molar-refractivity contribution in [3.63, 3.8) is 0 Å². The van der Waals surface area contributed by atoms with Crippen molar-refractivity contribution in [2.75, 3.05) is 7.05 Å². The summed E-state index contributed by atoms with van der Waals surface area (Å²) < 4.78 is 7.65. The number of hydrogen-bond donors (Lipinski definition) is 1. The van der Waals surface area contributed by atoms with Crippen LogP contribution in [0.5, 0.6) is 0 Å². The zero-order valence-electron chi connectivity index (χ0n) is 11.4. The van der Waals surface area contributed by atoms with Crippen LogP contribution in [0, 0.1) is 0 Å². The van der Waals surface area contributed by atoms with E-state index >= 15 is 0 Å². The maximum Gasteiger partial charge on any atom is 0.130 e. The minimum atomic E-state index is 0.126. The molecule has 1 N–H and O–H groups in total. The molecule has 4 heteroatoms. The molecule has 0 amide bonds. The van der Waals surface area contributed by atoms with Crippen LogP contribution in [0.3, 0.4) is 0 Å². The van der Waals surface area contributed by atoms with Crippen molar-refractivity contribution >= 4 is 0 Å². The molecule has 0 saturated heterocycles. The highest BCUT2D eigenvalue weighted by molar-refractivity contribution is 5.36. The van der Waals surface area contributed by atoms with Gasteiger partial charge in [0.25, 0.3) is 0 Å². The molecule has 0 radical (unpaired) electrons. The Morgan fingerprint density at radius 2 is 2.21 bits per heavy atom. The molecular weight excluding hydrogens is 238 g/mol. The van der Waals surface area contributed by atoms with Crippen molar-refractivity contribution in [2.24, 2.45) is 0 Å².